The Morgan fingerprint density at radius 2 is 2.12 bits per heavy atom. The molecule has 1 aliphatic heterocycles. The number of carbonyl (C=O) groups excluding carboxylic acids is 1. The largest absolute Gasteiger partial charge is 0.316 e. The van der Waals surface area contributed by atoms with Gasteiger partial charge in [-0.05, 0) is 19.0 Å². The highest BCUT2D eigenvalue weighted by Crippen LogP contribution is 2.24. The molecule has 0 radical (unpaired) electrons. The Morgan fingerprint density at radius 3 is 2.59 bits per heavy atom. The molecule has 0 saturated carbocycles. The summed E-state index contributed by atoms with van der Waals surface area (Å²) in [6.45, 7) is 7.96. The van der Waals surface area contributed by atoms with Gasteiger partial charge in [-0.3, -0.25) is 4.79 Å². The van der Waals surface area contributed by atoms with Crippen LogP contribution in [0.3, 0.4) is 0 Å². The topological polar surface area (TPSA) is 66.9 Å². The van der Waals surface area contributed by atoms with E-state index in [0.717, 1.165) is 18.1 Å². The fourth-order valence-electron chi connectivity index (χ4n) is 1.62. The maximum Gasteiger partial charge on any atom is 0.229 e. The van der Waals surface area contributed by atoms with Crippen LogP contribution in [0.4, 0.5) is 5.13 Å². The molecular formula is C11H18N4OS. The summed E-state index contributed by atoms with van der Waals surface area (Å²) in [6, 6.07) is 0. The molecule has 2 N–H and O–H groups in total. The Bertz CT molecular complexity index is 400. The molecular weight excluding hydrogens is 236 g/mol. The van der Waals surface area contributed by atoms with Gasteiger partial charge in [-0.25, -0.2) is 0 Å². The van der Waals surface area contributed by atoms with E-state index in [9.17, 15) is 4.79 Å². The first-order chi connectivity index (χ1) is 8.08. The lowest BCUT2D eigenvalue weighted by Crippen LogP contribution is -2.48. The number of anilines is 1. The van der Waals surface area contributed by atoms with Crippen molar-refractivity contribution >= 4 is 22.4 Å². The molecule has 94 valence electrons. The highest BCUT2D eigenvalue weighted by Gasteiger charge is 2.29. The van der Waals surface area contributed by atoms with Crippen molar-refractivity contribution in [1.82, 2.24) is 15.5 Å². The van der Waals surface area contributed by atoms with Gasteiger partial charge in [0.25, 0.3) is 0 Å². The lowest BCUT2D eigenvalue weighted by atomic mass is 9.88. The first kappa shape index (κ1) is 12.4. The monoisotopic (exact) mass is 254 g/mol. The fourth-order valence-corrected chi connectivity index (χ4v) is 2.36. The summed E-state index contributed by atoms with van der Waals surface area (Å²) in [5.74, 6) is 0.879. The second kappa shape index (κ2) is 5.10. The number of hydrogen-bond donors (Lipinski definition) is 2. The summed E-state index contributed by atoms with van der Waals surface area (Å²) in [5.41, 5.74) is 0. The highest BCUT2D eigenvalue weighted by atomic mass is 32.1. The zero-order valence-corrected chi connectivity index (χ0v) is 11.2. The predicted molar refractivity (Wildman–Crippen MR) is 68.2 cm³/mol. The van der Waals surface area contributed by atoms with Crippen LogP contribution in [-0.4, -0.2) is 29.2 Å². The lowest BCUT2D eigenvalue weighted by Gasteiger charge is -2.31. The molecule has 5 nitrogen and oxygen atoms in total. The second-order valence-electron chi connectivity index (χ2n) is 4.80. The van der Waals surface area contributed by atoms with E-state index in [1.54, 1.807) is 0 Å². The molecule has 0 aromatic carbocycles. The normalized spacial score (nSPS) is 17.9. The molecule has 1 saturated heterocycles. The van der Waals surface area contributed by atoms with Crippen LogP contribution in [0.1, 0.15) is 31.7 Å². The van der Waals surface area contributed by atoms with Crippen LogP contribution < -0.4 is 10.6 Å². The van der Waals surface area contributed by atoms with E-state index in [1.165, 1.54) is 11.3 Å². The molecule has 1 aliphatic rings. The highest BCUT2D eigenvalue weighted by molar-refractivity contribution is 7.15. The van der Waals surface area contributed by atoms with Crippen molar-refractivity contribution in [3.05, 3.63) is 5.01 Å². The molecule has 2 heterocycles. The fraction of sp³-hybridized carbons (Fsp3) is 0.727. The molecule has 1 amide bonds. The number of rotatable bonds is 4. The summed E-state index contributed by atoms with van der Waals surface area (Å²) in [5, 5.41) is 15.6. The van der Waals surface area contributed by atoms with Gasteiger partial charge >= 0.3 is 0 Å². The Kier molecular flexibility index (Phi) is 3.73. The molecule has 17 heavy (non-hydrogen) atoms. The maximum atomic E-state index is 11.9. The van der Waals surface area contributed by atoms with Crippen molar-refractivity contribution in [3.8, 4) is 0 Å². The van der Waals surface area contributed by atoms with Crippen LogP contribution in [0.25, 0.3) is 0 Å². The van der Waals surface area contributed by atoms with Crippen molar-refractivity contribution in [2.75, 3.05) is 18.4 Å². The van der Waals surface area contributed by atoms with Crippen molar-refractivity contribution in [2.45, 2.75) is 26.7 Å². The summed E-state index contributed by atoms with van der Waals surface area (Å²) < 4.78 is 0. The minimum absolute atomic E-state index is 0.0302. The number of nitrogens with zero attached hydrogens (tertiary/aromatic N) is 2. The molecule has 2 rings (SSSR count). The molecule has 1 aromatic rings. The third-order valence-electron chi connectivity index (χ3n) is 3.10. The zero-order chi connectivity index (χ0) is 12.4. The maximum absolute atomic E-state index is 11.9. The molecule has 1 unspecified atom stereocenters. The van der Waals surface area contributed by atoms with E-state index in [0.29, 0.717) is 17.0 Å². The van der Waals surface area contributed by atoms with E-state index >= 15 is 0 Å². The molecule has 0 spiro atoms. The van der Waals surface area contributed by atoms with Crippen molar-refractivity contribution in [2.24, 2.45) is 11.8 Å². The van der Waals surface area contributed by atoms with Crippen LogP contribution in [0.15, 0.2) is 0 Å². The Morgan fingerprint density at radius 1 is 1.41 bits per heavy atom. The van der Waals surface area contributed by atoms with Gasteiger partial charge in [0.15, 0.2) is 0 Å². The van der Waals surface area contributed by atoms with Crippen molar-refractivity contribution in [1.29, 1.82) is 0 Å². The Balaban J connectivity index is 1.92. The zero-order valence-electron chi connectivity index (χ0n) is 10.4. The number of nitrogens with one attached hydrogen (secondary N) is 2. The van der Waals surface area contributed by atoms with Crippen LogP contribution in [0.5, 0.6) is 0 Å². The van der Waals surface area contributed by atoms with Gasteiger partial charge in [0.05, 0.1) is 0 Å². The Labute approximate surface area is 105 Å². The quantitative estimate of drug-likeness (QED) is 0.853. The van der Waals surface area contributed by atoms with Crippen LogP contribution >= 0.6 is 11.3 Å². The number of carbonyl (C=O) groups is 1. The molecule has 1 atom stereocenters. The van der Waals surface area contributed by atoms with Gasteiger partial charge in [-0.2, -0.15) is 0 Å². The summed E-state index contributed by atoms with van der Waals surface area (Å²) in [4.78, 5) is 11.9. The summed E-state index contributed by atoms with van der Waals surface area (Å²) >= 11 is 1.45. The smallest absolute Gasteiger partial charge is 0.229 e. The average Bonchev–Trinajstić information content (AvgIpc) is 2.63. The number of aromatic nitrogens is 2. The van der Waals surface area contributed by atoms with E-state index in [1.807, 2.05) is 6.92 Å². The second-order valence-corrected chi connectivity index (χ2v) is 5.81. The number of hydrogen-bond acceptors (Lipinski definition) is 5. The molecule has 6 heteroatoms. The number of amides is 1. The first-order valence-corrected chi connectivity index (χ1v) is 6.74. The van der Waals surface area contributed by atoms with Crippen LogP contribution in [-0.2, 0) is 4.79 Å². The first-order valence-electron chi connectivity index (χ1n) is 5.93. The molecule has 1 fully saturated rings. The van der Waals surface area contributed by atoms with Gasteiger partial charge in [0.1, 0.15) is 5.01 Å². The van der Waals surface area contributed by atoms with Gasteiger partial charge in [0, 0.05) is 11.8 Å². The molecule has 1 aromatic heterocycles. The van der Waals surface area contributed by atoms with Gasteiger partial charge < -0.3 is 10.6 Å². The molecule has 0 bridgehead atoms. The standard InChI is InChI=1S/C11H18N4OS/c1-6(2)10-14-15-11(17-10)13-9(16)7(3)8-4-12-5-8/h6-8,12H,4-5H2,1-3H3,(H,13,15,16). The minimum atomic E-state index is 0.0302. The lowest BCUT2D eigenvalue weighted by molar-refractivity contribution is -0.121. The molecule has 0 aliphatic carbocycles. The van der Waals surface area contributed by atoms with Gasteiger partial charge in [0.2, 0.25) is 11.0 Å². The Hall–Kier alpha value is -1.01. The average molecular weight is 254 g/mol. The van der Waals surface area contributed by atoms with E-state index in [4.69, 9.17) is 0 Å². The van der Waals surface area contributed by atoms with Crippen LogP contribution in [0, 0.1) is 11.8 Å². The summed E-state index contributed by atoms with van der Waals surface area (Å²) in [6.07, 6.45) is 0. The van der Waals surface area contributed by atoms with E-state index in [2.05, 4.69) is 34.7 Å². The van der Waals surface area contributed by atoms with Crippen molar-refractivity contribution in [3.63, 3.8) is 0 Å². The summed E-state index contributed by atoms with van der Waals surface area (Å²) in [7, 11) is 0. The SMILES string of the molecule is CC(C)c1nnc(NC(=O)C(C)C2CNC2)s1. The third-order valence-corrected chi connectivity index (χ3v) is 4.24. The van der Waals surface area contributed by atoms with Crippen LogP contribution in [0.2, 0.25) is 0 Å². The van der Waals surface area contributed by atoms with E-state index < -0.39 is 0 Å². The third kappa shape index (κ3) is 2.81. The minimum Gasteiger partial charge on any atom is -0.316 e. The van der Waals surface area contributed by atoms with E-state index in [-0.39, 0.29) is 11.8 Å². The van der Waals surface area contributed by atoms with Gasteiger partial charge in [-0.15, -0.1) is 10.2 Å². The van der Waals surface area contributed by atoms with Gasteiger partial charge in [-0.1, -0.05) is 32.1 Å². The predicted octanol–water partition coefficient (Wildman–Crippen LogP) is 1.46. The van der Waals surface area contributed by atoms with Crippen molar-refractivity contribution < 1.29 is 4.79 Å².